The number of hydrogen-bond donors (Lipinski definition) is 1. The van der Waals surface area contributed by atoms with Gasteiger partial charge in [-0.15, -0.1) is 0 Å². The number of hydrogen-bond acceptors (Lipinski definition) is 7. The van der Waals surface area contributed by atoms with Gasteiger partial charge < -0.3 is 14.6 Å². The fourth-order valence-corrected chi connectivity index (χ4v) is 4.55. The molecule has 9 nitrogen and oxygen atoms in total. The maximum atomic E-state index is 11.9. The first-order valence-corrected chi connectivity index (χ1v) is 13.4. The maximum Gasteiger partial charge on any atom is 0.300 e. The van der Waals surface area contributed by atoms with Crippen molar-refractivity contribution in [1.29, 1.82) is 0 Å². The molecular formula is C27H25N5O4S. The van der Waals surface area contributed by atoms with Crippen molar-refractivity contribution in [2.75, 3.05) is 25.7 Å². The fourth-order valence-electron chi connectivity index (χ4n) is 3.88. The molecule has 0 unspecified atom stereocenters. The molecule has 5 rings (SSSR count). The van der Waals surface area contributed by atoms with Crippen molar-refractivity contribution in [3.05, 3.63) is 79.1 Å². The van der Waals surface area contributed by atoms with Crippen LogP contribution in [0.5, 0.6) is 0 Å². The average Bonchev–Trinajstić information content (AvgIpc) is 3.50. The molecule has 0 saturated carbocycles. The summed E-state index contributed by atoms with van der Waals surface area (Å²) >= 11 is 0. The molecule has 5 aromatic rings. The Kier molecular flexibility index (Phi) is 6.26. The smallest absolute Gasteiger partial charge is 0.300 e. The third kappa shape index (κ3) is 5.24. The number of amides is 1. The van der Waals surface area contributed by atoms with Gasteiger partial charge in [-0.3, -0.25) is 9.48 Å². The lowest BCUT2D eigenvalue weighted by molar-refractivity contribution is -0.129. The largest absolute Gasteiger partial charge is 0.423 e. The van der Waals surface area contributed by atoms with Crippen LogP contribution in [-0.4, -0.2) is 54.3 Å². The molecule has 0 radical (unpaired) electrons. The summed E-state index contributed by atoms with van der Waals surface area (Å²) in [5.74, 6) is -0.0258. The van der Waals surface area contributed by atoms with Gasteiger partial charge >= 0.3 is 0 Å². The van der Waals surface area contributed by atoms with Gasteiger partial charge in [-0.25, -0.2) is 8.42 Å². The van der Waals surface area contributed by atoms with E-state index in [1.54, 1.807) is 49.2 Å². The predicted octanol–water partition coefficient (Wildman–Crippen LogP) is 4.59. The van der Waals surface area contributed by atoms with E-state index in [0.717, 1.165) is 22.3 Å². The lowest BCUT2D eigenvalue weighted by Gasteiger charge is -2.09. The van der Waals surface area contributed by atoms with Crippen LogP contribution >= 0.6 is 0 Å². The van der Waals surface area contributed by atoms with Crippen LogP contribution in [0.3, 0.4) is 0 Å². The Morgan fingerprint density at radius 2 is 1.73 bits per heavy atom. The maximum absolute atomic E-state index is 11.9. The number of likely N-dealkylation sites (N-methyl/N-ethyl adjacent to an activating group) is 1. The van der Waals surface area contributed by atoms with Crippen molar-refractivity contribution >= 4 is 38.5 Å². The van der Waals surface area contributed by atoms with Gasteiger partial charge in [0.2, 0.25) is 5.91 Å². The Balaban J connectivity index is 1.39. The summed E-state index contributed by atoms with van der Waals surface area (Å²) in [6.07, 6.45) is 4.76. The van der Waals surface area contributed by atoms with Crippen LogP contribution in [0.15, 0.2) is 88.4 Å². The number of sulfone groups is 1. The van der Waals surface area contributed by atoms with E-state index >= 15 is 0 Å². The van der Waals surface area contributed by atoms with Crippen LogP contribution in [0.2, 0.25) is 0 Å². The highest BCUT2D eigenvalue weighted by atomic mass is 32.2. The third-order valence-electron chi connectivity index (χ3n) is 5.89. The van der Waals surface area contributed by atoms with Crippen LogP contribution < -0.4 is 5.32 Å². The monoisotopic (exact) mass is 515 g/mol. The molecule has 0 atom stereocenters. The standard InChI is InChI=1S/C27H25N5O4S/c1-31(2)25(33)17-32-16-20(15-28-32)18-10-12-19(13-11-18)23-8-5-9-24-26(23)36-27(30-24)29-21-6-4-7-22(14-21)37(3,34)35/h4-16H,17H2,1-3H3,(H,29,30). The highest BCUT2D eigenvalue weighted by molar-refractivity contribution is 7.90. The van der Waals surface area contributed by atoms with E-state index in [1.165, 1.54) is 11.2 Å². The number of nitrogens with zero attached hydrogens (tertiary/aromatic N) is 4. The lowest BCUT2D eigenvalue weighted by atomic mass is 10.0. The topological polar surface area (TPSA) is 110 Å². The van der Waals surface area contributed by atoms with Gasteiger partial charge in [-0.05, 0) is 35.4 Å². The first kappa shape index (κ1) is 24.3. The normalized spacial score (nSPS) is 11.5. The summed E-state index contributed by atoms with van der Waals surface area (Å²) < 4.78 is 31.4. The molecule has 3 aromatic carbocycles. The minimum Gasteiger partial charge on any atom is -0.423 e. The number of fused-ring (bicyclic) bond motifs is 1. The highest BCUT2D eigenvalue weighted by Gasteiger charge is 2.14. The molecule has 0 saturated heterocycles. The number of anilines is 2. The molecule has 10 heteroatoms. The molecule has 0 aliphatic rings. The van der Waals surface area contributed by atoms with Crippen molar-refractivity contribution in [3.63, 3.8) is 0 Å². The highest BCUT2D eigenvalue weighted by Crippen LogP contribution is 2.33. The zero-order chi connectivity index (χ0) is 26.2. The minimum atomic E-state index is -3.33. The average molecular weight is 516 g/mol. The van der Waals surface area contributed by atoms with Gasteiger partial charge in [0, 0.05) is 43.4 Å². The van der Waals surface area contributed by atoms with Crippen LogP contribution in [0.1, 0.15) is 0 Å². The Morgan fingerprint density at radius 1 is 1.00 bits per heavy atom. The summed E-state index contributed by atoms with van der Waals surface area (Å²) in [7, 11) is 0.107. The van der Waals surface area contributed by atoms with Crippen LogP contribution in [0.25, 0.3) is 33.4 Å². The summed E-state index contributed by atoms with van der Waals surface area (Å²) in [6, 6.07) is 20.5. The minimum absolute atomic E-state index is 0.0258. The number of carbonyl (C=O) groups is 1. The summed E-state index contributed by atoms with van der Waals surface area (Å²) in [4.78, 5) is 18.2. The van der Waals surface area contributed by atoms with Crippen molar-refractivity contribution in [3.8, 4) is 22.3 Å². The van der Waals surface area contributed by atoms with Gasteiger partial charge in [0.1, 0.15) is 12.1 Å². The SMILES string of the molecule is CN(C)C(=O)Cn1cc(-c2ccc(-c3cccc4nc(Nc5cccc(S(C)(=O)=O)c5)oc34)cc2)cn1. The van der Waals surface area contributed by atoms with Crippen LogP contribution in [0.4, 0.5) is 11.7 Å². The Morgan fingerprint density at radius 3 is 2.46 bits per heavy atom. The lowest BCUT2D eigenvalue weighted by Crippen LogP contribution is -2.26. The zero-order valence-electron chi connectivity index (χ0n) is 20.5. The molecule has 2 aromatic heterocycles. The first-order chi connectivity index (χ1) is 17.7. The van der Waals surface area contributed by atoms with Crippen LogP contribution in [-0.2, 0) is 21.2 Å². The second-order valence-electron chi connectivity index (χ2n) is 8.89. The molecular weight excluding hydrogens is 490 g/mol. The number of carbonyl (C=O) groups excluding carboxylic acids is 1. The number of nitrogens with one attached hydrogen (secondary N) is 1. The molecule has 2 heterocycles. The van der Waals surface area contributed by atoms with E-state index in [-0.39, 0.29) is 23.4 Å². The number of rotatable bonds is 7. The van der Waals surface area contributed by atoms with E-state index in [9.17, 15) is 13.2 Å². The van der Waals surface area contributed by atoms with Crippen molar-refractivity contribution in [2.24, 2.45) is 0 Å². The van der Waals surface area contributed by atoms with Crippen molar-refractivity contribution in [2.45, 2.75) is 11.4 Å². The van der Waals surface area contributed by atoms with E-state index in [4.69, 9.17) is 4.42 Å². The second kappa shape index (κ2) is 9.55. The number of benzene rings is 3. The van der Waals surface area contributed by atoms with E-state index < -0.39 is 9.84 Å². The quantitative estimate of drug-likeness (QED) is 0.337. The number of oxazole rings is 1. The Bertz CT molecular complexity index is 1700. The van der Waals surface area contributed by atoms with Gasteiger partial charge in [-0.1, -0.05) is 42.5 Å². The van der Waals surface area contributed by atoms with Gasteiger partial charge in [0.25, 0.3) is 6.01 Å². The Labute approximate surface area is 214 Å². The second-order valence-corrected chi connectivity index (χ2v) is 10.9. The summed E-state index contributed by atoms with van der Waals surface area (Å²) in [5.41, 5.74) is 5.58. The van der Waals surface area contributed by atoms with Crippen LogP contribution in [0, 0.1) is 0 Å². The predicted molar refractivity (Wildman–Crippen MR) is 142 cm³/mol. The molecule has 1 amide bonds. The molecule has 188 valence electrons. The third-order valence-corrected chi connectivity index (χ3v) is 7.00. The first-order valence-electron chi connectivity index (χ1n) is 11.5. The molecule has 0 aliphatic heterocycles. The Hall–Kier alpha value is -4.44. The number of aromatic nitrogens is 3. The summed E-state index contributed by atoms with van der Waals surface area (Å²) in [6.45, 7) is 0.188. The van der Waals surface area contributed by atoms with E-state index in [0.29, 0.717) is 16.8 Å². The van der Waals surface area contributed by atoms with Crippen molar-refractivity contribution in [1.82, 2.24) is 19.7 Å². The number of para-hydroxylation sites is 1. The molecule has 0 spiro atoms. The summed E-state index contributed by atoms with van der Waals surface area (Å²) in [5, 5.41) is 7.36. The van der Waals surface area contributed by atoms with Crippen molar-refractivity contribution < 1.29 is 17.6 Å². The molecule has 1 N–H and O–H groups in total. The fraction of sp³-hybridized carbons (Fsp3) is 0.148. The van der Waals surface area contributed by atoms with Gasteiger partial charge in [-0.2, -0.15) is 10.1 Å². The van der Waals surface area contributed by atoms with E-state index in [1.807, 2.05) is 48.7 Å². The van der Waals surface area contributed by atoms with E-state index in [2.05, 4.69) is 15.4 Å². The van der Waals surface area contributed by atoms with Gasteiger partial charge in [0.15, 0.2) is 15.4 Å². The molecule has 37 heavy (non-hydrogen) atoms. The molecule has 0 aliphatic carbocycles. The molecule has 0 bridgehead atoms. The van der Waals surface area contributed by atoms with Gasteiger partial charge in [0.05, 0.1) is 11.1 Å². The zero-order valence-corrected chi connectivity index (χ0v) is 21.4. The molecule has 0 fully saturated rings.